The van der Waals surface area contributed by atoms with E-state index in [0.29, 0.717) is 0 Å². The fourth-order valence-electron chi connectivity index (χ4n) is 10.9. The molecule has 58 heavy (non-hydrogen) atoms. The molecule has 12 rings (SSSR count). The number of hydrogen-bond acceptors (Lipinski definition) is 0. The van der Waals surface area contributed by atoms with Gasteiger partial charge >= 0.3 is 0 Å². The van der Waals surface area contributed by atoms with E-state index in [1.807, 2.05) is 0 Å². The molecule has 0 saturated carbocycles. The van der Waals surface area contributed by atoms with Crippen molar-refractivity contribution < 1.29 is 0 Å². The van der Waals surface area contributed by atoms with Crippen LogP contribution in [0.15, 0.2) is 182 Å². The first-order valence-corrected chi connectivity index (χ1v) is 20.7. The Morgan fingerprint density at radius 2 is 0.724 bits per heavy atom. The molecule has 0 heteroatoms. The summed E-state index contributed by atoms with van der Waals surface area (Å²) in [7, 11) is 0. The van der Waals surface area contributed by atoms with Gasteiger partial charge in [-0.25, -0.2) is 0 Å². The molecule has 0 saturated heterocycles. The minimum atomic E-state index is -0.106. The normalized spacial score (nSPS) is 14.5. The van der Waals surface area contributed by atoms with Crippen LogP contribution < -0.4 is 0 Å². The lowest BCUT2D eigenvalue weighted by atomic mass is 9.79. The van der Waals surface area contributed by atoms with Crippen LogP contribution in [0.3, 0.4) is 0 Å². The number of hydrogen-bond donors (Lipinski definition) is 0. The predicted molar refractivity (Wildman–Crippen MR) is 248 cm³/mol. The van der Waals surface area contributed by atoms with E-state index < -0.39 is 0 Å². The summed E-state index contributed by atoms with van der Waals surface area (Å²) in [5.74, 6) is 0. The van der Waals surface area contributed by atoms with Gasteiger partial charge in [0.1, 0.15) is 0 Å². The molecule has 0 spiro atoms. The van der Waals surface area contributed by atoms with Gasteiger partial charge in [-0.15, -0.1) is 0 Å². The Balaban J connectivity index is 1.03. The molecule has 0 amide bonds. The van der Waals surface area contributed by atoms with Crippen molar-refractivity contribution in [1.82, 2.24) is 0 Å². The van der Waals surface area contributed by atoms with Crippen molar-refractivity contribution in [3.63, 3.8) is 0 Å². The third-order valence-corrected chi connectivity index (χ3v) is 13.8. The van der Waals surface area contributed by atoms with E-state index in [0.717, 1.165) is 0 Å². The summed E-state index contributed by atoms with van der Waals surface area (Å²) in [4.78, 5) is 0. The first kappa shape index (κ1) is 33.4. The van der Waals surface area contributed by atoms with E-state index in [4.69, 9.17) is 0 Å². The summed E-state index contributed by atoms with van der Waals surface area (Å²) in [6.45, 7) is 9.52. The maximum atomic E-state index is 2.53. The Bertz CT molecular complexity index is 3320. The fraction of sp³-hybridized carbons (Fsp3) is 0.103. The average molecular weight is 739 g/mol. The first-order valence-electron chi connectivity index (χ1n) is 20.7. The van der Waals surface area contributed by atoms with Crippen LogP contribution in [0.1, 0.15) is 49.9 Å². The molecule has 2 aliphatic carbocycles. The second-order valence-electron chi connectivity index (χ2n) is 17.6. The van der Waals surface area contributed by atoms with Crippen LogP contribution in [0.5, 0.6) is 0 Å². The summed E-state index contributed by atoms with van der Waals surface area (Å²) in [5.41, 5.74) is 18.6. The molecule has 0 atom stereocenters. The predicted octanol–water partition coefficient (Wildman–Crippen LogP) is 15.9. The highest BCUT2D eigenvalue weighted by molar-refractivity contribution is 6.24. The molecule has 0 bridgehead atoms. The van der Waals surface area contributed by atoms with Gasteiger partial charge in [0.25, 0.3) is 0 Å². The van der Waals surface area contributed by atoms with Gasteiger partial charge in [0, 0.05) is 10.8 Å². The van der Waals surface area contributed by atoms with Crippen LogP contribution in [0.25, 0.3) is 98.7 Å². The molecule has 10 aromatic rings. The molecule has 0 aromatic heterocycles. The largest absolute Gasteiger partial charge is 0.0619 e. The van der Waals surface area contributed by atoms with E-state index in [9.17, 15) is 0 Å². The molecule has 10 aromatic carbocycles. The SMILES string of the molecule is CC1(C)c2ccc(-c3ccc(-c4c5ccccc5c(-c5cc6c(c7ccccc57)-c5ccccc5C6(C)C)c5ccccc45)cc3)cc2-c2cc3ccccc3cc21. The molecule has 0 unspecified atom stereocenters. The number of benzene rings is 10. The van der Waals surface area contributed by atoms with Crippen molar-refractivity contribution in [2.75, 3.05) is 0 Å². The van der Waals surface area contributed by atoms with E-state index in [-0.39, 0.29) is 10.8 Å². The fourth-order valence-corrected chi connectivity index (χ4v) is 10.9. The van der Waals surface area contributed by atoms with Crippen LogP contribution in [0, 0.1) is 0 Å². The molecule has 0 radical (unpaired) electrons. The minimum Gasteiger partial charge on any atom is -0.0619 e. The highest BCUT2D eigenvalue weighted by Crippen LogP contribution is 2.55. The van der Waals surface area contributed by atoms with Crippen LogP contribution in [0.2, 0.25) is 0 Å². The third-order valence-electron chi connectivity index (χ3n) is 13.8. The van der Waals surface area contributed by atoms with Gasteiger partial charge in [0.05, 0.1) is 0 Å². The van der Waals surface area contributed by atoms with Gasteiger partial charge in [-0.05, 0) is 145 Å². The molecular weight excluding hydrogens is 697 g/mol. The molecule has 0 nitrogen and oxygen atoms in total. The average Bonchev–Trinajstić information content (AvgIpc) is 3.63. The Morgan fingerprint density at radius 3 is 1.40 bits per heavy atom. The van der Waals surface area contributed by atoms with E-state index in [1.54, 1.807) is 0 Å². The van der Waals surface area contributed by atoms with E-state index in [2.05, 4.69) is 210 Å². The van der Waals surface area contributed by atoms with Crippen molar-refractivity contribution in [3.05, 3.63) is 204 Å². The van der Waals surface area contributed by atoms with Crippen molar-refractivity contribution in [2.24, 2.45) is 0 Å². The summed E-state index contributed by atoms with van der Waals surface area (Å²) >= 11 is 0. The Labute approximate surface area is 340 Å². The standard InChI is InChI=1S/C58H42/c1-57(2)51-30-29-39(32-47(51)48-31-37-15-5-6-16-38(37)33-52(48)57)35-25-27-36(28-26-35)54-42-19-9-11-21-44(42)55(45-22-12-10-20-43(45)54)49-34-53-56(41-18-8-7-17-40(41)49)46-23-13-14-24-50(46)58(53,3)4/h5-34H,1-4H3. The Hall–Kier alpha value is -6.76. The number of fused-ring (bicyclic) bond motifs is 11. The summed E-state index contributed by atoms with van der Waals surface area (Å²) in [6, 6.07) is 68.7. The smallest absolute Gasteiger partial charge is 0.0159 e. The second-order valence-corrected chi connectivity index (χ2v) is 17.6. The lowest BCUT2D eigenvalue weighted by molar-refractivity contribution is 0.661. The van der Waals surface area contributed by atoms with Gasteiger partial charge in [0.15, 0.2) is 0 Å². The van der Waals surface area contributed by atoms with Crippen LogP contribution >= 0.6 is 0 Å². The number of rotatable bonds is 3. The van der Waals surface area contributed by atoms with Crippen molar-refractivity contribution in [1.29, 1.82) is 0 Å². The van der Waals surface area contributed by atoms with E-state index >= 15 is 0 Å². The monoisotopic (exact) mass is 738 g/mol. The molecule has 274 valence electrons. The molecule has 0 fully saturated rings. The van der Waals surface area contributed by atoms with Crippen LogP contribution in [-0.4, -0.2) is 0 Å². The zero-order valence-corrected chi connectivity index (χ0v) is 33.3. The molecule has 0 heterocycles. The Morgan fingerprint density at radius 1 is 0.259 bits per heavy atom. The van der Waals surface area contributed by atoms with Crippen LogP contribution in [0.4, 0.5) is 0 Å². The topological polar surface area (TPSA) is 0 Å². The maximum Gasteiger partial charge on any atom is 0.0159 e. The van der Waals surface area contributed by atoms with Gasteiger partial charge in [0.2, 0.25) is 0 Å². The van der Waals surface area contributed by atoms with Crippen molar-refractivity contribution in [2.45, 2.75) is 38.5 Å². The Kier molecular flexibility index (Phi) is 6.84. The zero-order chi connectivity index (χ0) is 38.9. The lowest BCUT2D eigenvalue weighted by Crippen LogP contribution is -2.15. The quantitative estimate of drug-likeness (QED) is 0.158. The zero-order valence-electron chi connectivity index (χ0n) is 33.3. The third kappa shape index (κ3) is 4.52. The maximum absolute atomic E-state index is 2.53. The molecular formula is C58H42. The molecule has 0 aliphatic heterocycles. The van der Waals surface area contributed by atoms with E-state index in [1.165, 1.54) is 121 Å². The van der Waals surface area contributed by atoms with Crippen molar-refractivity contribution >= 4 is 43.1 Å². The first-order chi connectivity index (χ1) is 28.3. The molecule has 2 aliphatic rings. The molecule has 0 N–H and O–H groups in total. The van der Waals surface area contributed by atoms with Gasteiger partial charge < -0.3 is 0 Å². The van der Waals surface area contributed by atoms with Crippen LogP contribution in [-0.2, 0) is 10.8 Å². The summed E-state index contributed by atoms with van der Waals surface area (Å²) in [5, 5.41) is 10.4. The second kappa shape index (κ2) is 11.9. The summed E-state index contributed by atoms with van der Waals surface area (Å²) in [6.07, 6.45) is 0. The lowest BCUT2D eigenvalue weighted by Gasteiger charge is -2.24. The highest BCUT2D eigenvalue weighted by atomic mass is 14.4. The van der Waals surface area contributed by atoms with Crippen molar-refractivity contribution in [3.8, 4) is 55.6 Å². The minimum absolute atomic E-state index is 0.0430. The van der Waals surface area contributed by atoms with Gasteiger partial charge in [-0.1, -0.05) is 185 Å². The van der Waals surface area contributed by atoms with Gasteiger partial charge in [-0.3, -0.25) is 0 Å². The van der Waals surface area contributed by atoms with Gasteiger partial charge in [-0.2, -0.15) is 0 Å². The summed E-state index contributed by atoms with van der Waals surface area (Å²) < 4.78 is 0. The highest BCUT2D eigenvalue weighted by Gasteiger charge is 2.38.